The SMILES string of the molecule is CC1SC(=NS(=O)(=O)c2ccc(Cl)s2)N(c2ccccc2)C1=O. The summed E-state index contributed by atoms with van der Waals surface area (Å²) >= 11 is 7.85. The summed E-state index contributed by atoms with van der Waals surface area (Å²) in [5.74, 6) is -0.195. The maximum absolute atomic E-state index is 12.4. The van der Waals surface area contributed by atoms with Crippen molar-refractivity contribution < 1.29 is 13.2 Å². The predicted octanol–water partition coefficient (Wildman–Crippen LogP) is 3.61. The van der Waals surface area contributed by atoms with E-state index < -0.39 is 15.3 Å². The highest BCUT2D eigenvalue weighted by atomic mass is 35.5. The fourth-order valence-corrected chi connectivity index (χ4v) is 5.62. The molecule has 1 fully saturated rings. The first kappa shape index (κ1) is 16.5. The number of anilines is 1. The highest BCUT2D eigenvalue weighted by Crippen LogP contribution is 2.34. The van der Waals surface area contributed by atoms with E-state index in [1.807, 2.05) is 6.07 Å². The van der Waals surface area contributed by atoms with Crippen molar-refractivity contribution in [3.05, 3.63) is 46.8 Å². The van der Waals surface area contributed by atoms with Gasteiger partial charge in [-0.05, 0) is 31.2 Å². The van der Waals surface area contributed by atoms with E-state index in [0.29, 0.717) is 10.0 Å². The Morgan fingerprint density at radius 3 is 2.48 bits per heavy atom. The van der Waals surface area contributed by atoms with Gasteiger partial charge in [0, 0.05) is 0 Å². The van der Waals surface area contributed by atoms with E-state index in [0.717, 1.165) is 23.1 Å². The van der Waals surface area contributed by atoms with E-state index >= 15 is 0 Å². The summed E-state index contributed by atoms with van der Waals surface area (Å²) < 4.78 is 29.1. The number of sulfonamides is 1. The van der Waals surface area contributed by atoms with Crippen LogP contribution in [0, 0.1) is 0 Å². The van der Waals surface area contributed by atoms with Crippen molar-refractivity contribution in [3.8, 4) is 0 Å². The fourth-order valence-electron chi connectivity index (χ4n) is 2.00. The molecule has 0 N–H and O–H groups in total. The number of amides is 1. The van der Waals surface area contributed by atoms with Crippen LogP contribution >= 0.6 is 34.7 Å². The Bertz CT molecular complexity index is 878. The smallest absolute Gasteiger partial charge is 0.273 e. The number of benzene rings is 1. The third-order valence-corrected chi connectivity index (χ3v) is 7.18. The Labute approximate surface area is 147 Å². The van der Waals surface area contributed by atoms with E-state index in [4.69, 9.17) is 11.6 Å². The molecule has 0 radical (unpaired) electrons. The Morgan fingerprint density at radius 2 is 1.87 bits per heavy atom. The van der Waals surface area contributed by atoms with E-state index in [9.17, 15) is 13.2 Å². The molecule has 1 aliphatic heterocycles. The second-order valence-electron chi connectivity index (χ2n) is 4.68. The van der Waals surface area contributed by atoms with Crippen LogP contribution in [0.2, 0.25) is 4.34 Å². The Morgan fingerprint density at radius 1 is 1.17 bits per heavy atom. The molecule has 1 aliphatic rings. The molecule has 1 atom stereocenters. The molecule has 0 bridgehead atoms. The molecule has 5 nitrogen and oxygen atoms in total. The predicted molar refractivity (Wildman–Crippen MR) is 94.9 cm³/mol. The molecule has 0 aliphatic carbocycles. The van der Waals surface area contributed by atoms with Crippen LogP contribution < -0.4 is 4.90 Å². The van der Waals surface area contributed by atoms with E-state index in [-0.39, 0.29) is 15.3 Å². The van der Waals surface area contributed by atoms with Crippen LogP contribution in [0.5, 0.6) is 0 Å². The zero-order valence-electron chi connectivity index (χ0n) is 11.8. The van der Waals surface area contributed by atoms with Crippen LogP contribution in [0.25, 0.3) is 0 Å². The Kier molecular flexibility index (Phi) is 4.50. The quantitative estimate of drug-likeness (QED) is 0.808. The van der Waals surface area contributed by atoms with Gasteiger partial charge in [0.1, 0.15) is 4.21 Å². The number of para-hydroxylation sites is 1. The Hall–Kier alpha value is -1.35. The molecular formula is C14H11ClN2O3S3. The lowest BCUT2D eigenvalue weighted by Crippen LogP contribution is -2.31. The Balaban J connectivity index is 2.05. The highest BCUT2D eigenvalue weighted by Gasteiger charge is 2.37. The molecule has 120 valence electrons. The van der Waals surface area contributed by atoms with Crippen LogP contribution in [0.1, 0.15) is 6.92 Å². The molecule has 1 aromatic heterocycles. The number of hydrogen-bond donors (Lipinski definition) is 0. The molecule has 9 heteroatoms. The summed E-state index contributed by atoms with van der Waals surface area (Å²) in [4.78, 5) is 13.7. The summed E-state index contributed by atoms with van der Waals surface area (Å²) in [7, 11) is -3.90. The number of thiophene rings is 1. The first-order valence-corrected chi connectivity index (χ1v) is 10.1. The standard InChI is InChI=1S/C14H11ClN2O3S3/c1-9-13(18)17(10-5-3-2-4-6-10)14(21-9)16-23(19,20)12-8-7-11(15)22-12/h2-9H,1H3. The molecule has 2 heterocycles. The lowest BCUT2D eigenvalue weighted by molar-refractivity contribution is -0.116. The maximum atomic E-state index is 12.4. The zero-order chi connectivity index (χ0) is 16.6. The van der Waals surface area contributed by atoms with Gasteiger partial charge in [0.2, 0.25) is 5.91 Å². The number of carbonyl (C=O) groups excluding carboxylic acids is 1. The molecule has 0 saturated carbocycles. The lowest BCUT2D eigenvalue weighted by atomic mass is 10.3. The van der Waals surface area contributed by atoms with Crippen molar-refractivity contribution in [1.29, 1.82) is 0 Å². The molecule has 23 heavy (non-hydrogen) atoms. The first-order valence-electron chi connectivity index (χ1n) is 6.54. The number of nitrogens with zero attached hydrogens (tertiary/aromatic N) is 2. The third kappa shape index (κ3) is 3.30. The van der Waals surface area contributed by atoms with Crippen LogP contribution in [-0.4, -0.2) is 24.7 Å². The van der Waals surface area contributed by atoms with Crippen LogP contribution in [-0.2, 0) is 14.8 Å². The minimum Gasteiger partial charge on any atom is -0.273 e. The first-order chi connectivity index (χ1) is 10.9. The number of carbonyl (C=O) groups is 1. The summed E-state index contributed by atoms with van der Waals surface area (Å²) in [6, 6.07) is 11.8. The molecule has 2 aromatic rings. The van der Waals surface area contributed by atoms with Crippen molar-refractivity contribution in [1.82, 2.24) is 0 Å². The largest absolute Gasteiger partial charge is 0.294 e. The van der Waals surface area contributed by atoms with Crippen molar-refractivity contribution in [2.75, 3.05) is 4.90 Å². The van der Waals surface area contributed by atoms with E-state index in [2.05, 4.69) is 4.40 Å². The lowest BCUT2D eigenvalue weighted by Gasteiger charge is -2.15. The van der Waals surface area contributed by atoms with E-state index in [1.54, 1.807) is 31.2 Å². The summed E-state index contributed by atoms with van der Waals surface area (Å²) in [6.45, 7) is 1.72. The van der Waals surface area contributed by atoms with Crippen molar-refractivity contribution in [2.45, 2.75) is 16.4 Å². The van der Waals surface area contributed by atoms with Gasteiger partial charge in [-0.3, -0.25) is 9.69 Å². The van der Waals surface area contributed by atoms with Gasteiger partial charge in [0.25, 0.3) is 10.0 Å². The highest BCUT2D eigenvalue weighted by molar-refractivity contribution is 8.16. The number of hydrogen-bond acceptors (Lipinski definition) is 5. The molecule has 1 amide bonds. The van der Waals surface area contributed by atoms with Gasteiger partial charge in [0.15, 0.2) is 5.17 Å². The molecular weight excluding hydrogens is 376 g/mol. The fraction of sp³-hybridized carbons (Fsp3) is 0.143. The zero-order valence-corrected chi connectivity index (χ0v) is 15.0. The summed E-state index contributed by atoms with van der Waals surface area (Å²) in [5, 5.41) is -0.241. The molecule has 1 unspecified atom stereocenters. The van der Waals surface area contributed by atoms with Crippen LogP contribution in [0.4, 0.5) is 5.69 Å². The number of amidine groups is 1. The second kappa shape index (κ2) is 6.27. The van der Waals surface area contributed by atoms with Gasteiger partial charge < -0.3 is 0 Å². The van der Waals surface area contributed by atoms with Gasteiger partial charge in [-0.25, -0.2) is 0 Å². The molecule has 0 spiro atoms. The van der Waals surface area contributed by atoms with Crippen LogP contribution in [0.15, 0.2) is 51.1 Å². The minimum absolute atomic E-state index is 0.0515. The van der Waals surface area contributed by atoms with Gasteiger partial charge in [0.05, 0.1) is 15.3 Å². The maximum Gasteiger partial charge on any atom is 0.294 e. The topological polar surface area (TPSA) is 66.8 Å². The number of thioether (sulfide) groups is 1. The van der Waals surface area contributed by atoms with Crippen LogP contribution in [0.3, 0.4) is 0 Å². The molecule has 1 saturated heterocycles. The third-order valence-electron chi connectivity index (χ3n) is 3.06. The van der Waals surface area contributed by atoms with E-state index in [1.165, 1.54) is 17.0 Å². The van der Waals surface area contributed by atoms with Crippen molar-refractivity contribution in [2.24, 2.45) is 4.40 Å². The average Bonchev–Trinajstić information content (AvgIpc) is 3.05. The molecule has 3 rings (SSSR count). The number of rotatable bonds is 3. The van der Waals surface area contributed by atoms with Crippen molar-refractivity contribution in [3.63, 3.8) is 0 Å². The van der Waals surface area contributed by atoms with Gasteiger partial charge in [-0.2, -0.15) is 8.42 Å². The normalized spacial score (nSPS) is 20.4. The summed E-state index contributed by atoms with van der Waals surface area (Å²) in [6.07, 6.45) is 0. The monoisotopic (exact) mass is 386 g/mol. The summed E-state index contributed by atoms with van der Waals surface area (Å²) in [5.41, 5.74) is 0.590. The van der Waals surface area contributed by atoms with Gasteiger partial charge in [-0.1, -0.05) is 41.6 Å². The molecule has 1 aromatic carbocycles. The van der Waals surface area contributed by atoms with Gasteiger partial charge in [-0.15, -0.1) is 15.7 Å². The van der Waals surface area contributed by atoms with Gasteiger partial charge >= 0.3 is 0 Å². The number of halogens is 1. The second-order valence-corrected chi connectivity index (χ2v) is 9.53. The van der Waals surface area contributed by atoms with Crippen molar-refractivity contribution >= 4 is 61.5 Å². The minimum atomic E-state index is -3.90. The average molecular weight is 387 g/mol.